The number of fused-ring (bicyclic) bond motifs is 1. The van der Waals surface area contributed by atoms with E-state index in [4.69, 9.17) is 4.52 Å². The molecule has 0 amide bonds. The van der Waals surface area contributed by atoms with Crippen molar-refractivity contribution in [3.8, 4) is 11.3 Å². The molecule has 0 aliphatic rings. The Kier molecular flexibility index (Phi) is 6.67. The van der Waals surface area contributed by atoms with E-state index in [1.807, 2.05) is 63.2 Å². The fourth-order valence-corrected chi connectivity index (χ4v) is 4.58. The summed E-state index contributed by atoms with van der Waals surface area (Å²) in [5.41, 5.74) is 3.67. The van der Waals surface area contributed by atoms with Crippen LogP contribution in [0.3, 0.4) is 0 Å². The molecular weight excluding hydrogens is 493 g/mol. The highest BCUT2D eigenvalue weighted by Crippen LogP contribution is 2.35. The molecule has 2 heterocycles. The van der Waals surface area contributed by atoms with E-state index in [-0.39, 0.29) is 6.04 Å². The van der Waals surface area contributed by atoms with Gasteiger partial charge >= 0.3 is 0 Å². The van der Waals surface area contributed by atoms with E-state index in [1.54, 1.807) is 12.1 Å². The summed E-state index contributed by atoms with van der Waals surface area (Å²) in [5, 5.41) is 5.20. The summed E-state index contributed by atoms with van der Waals surface area (Å²) >= 11 is 2.10. The number of rotatable bonds is 6. The molecule has 0 spiro atoms. The summed E-state index contributed by atoms with van der Waals surface area (Å²) in [6.07, 6.45) is 0.359. The van der Waals surface area contributed by atoms with Gasteiger partial charge in [0, 0.05) is 38.9 Å². The van der Waals surface area contributed by atoms with E-state index in [0.717, 1.165) is 21.0 Å². The smallest absolute Gasteiger partial charge is 0.213 e. The highest BCUT2D eigenvalue weighted by atomic mass is 79.9. The molecule has 0 bridgehead atoms. The SMILES string of the molecule is CC(C)(C)[S+]([O-])NC(Cc1cccc(F)n1)c1ccccc1-c1noc2cc(Br)ccc12. The van der Waals surface area contributed by atoms with Crippen LogP contribution in [0, 0.1) is 5.95 Å². The third-order valence-electron chi connectivity index (χ3n) is 5.02. The van der Waals surface area contributed by atoms with Gasteiger partial charge in [-0.3, -0.25) is 0 Å². The zero-order valence-electron chi connectivity index (χ0n) is 17.9. The summed E-state index contributed by atoms with van der Waals surface area (Å²) < 4.78 is 36.0. The average Bonchev–Trinajstić information content (AvgIpc) is 3.15. The molecule has 2 unspecified atom stereocenters. The first-order valence-corrected chi connectivity index (χ1v) is 12.1. The molecule has 0 fully saturated rings. The Balaban J connectivity index is 1.80. The zero-order valence-corrected chi connectivity index (χ0v) is 20.3. The number of hydrogen-bond donors (Lipinski definition) is 1. The number of aromatic nitrogens is 2. The van der Waals surface area contributed by atoms with Crippen LogP contribution in [0.25, 0.3) is 22.2 Å². The van der Waals surface area contributed by atoms with Crippen LogP contribution in [-0.4, -0.2) is 19.4 Å². The van der Waals surface area contributed by atoms with Crippen molar-refractivity contribution >= 4 is 38.3 Å². The minimum absolute atomic E-state index is 0.359. The molecule has 2 atom stereocenters. The third-order valence-corrected chi connectivity index (χ3v) is 7.12. The van der Waals surface area contributed by atoms with Gasteiger partial charge in [-0.1, -0.05) is 51.4 Å². The van der Waals surface area contributed by atoms with Crippen molar-refractivity contribution in [1.29, 1.82) is 0 Å². The molecule has 0 aliphatic heterocycles. The molecule has 8 heteroatoms. The number of nitrogens with zero attached hydrogens (tertiary/aromatic N) is 2. The van der Waals surface area contributed by atoms with Crippen molar-refractivity contribution in [2.75, 3.05) is 0 Å². The molecule has 0 aliphatic carbocycles. The third kappa shape index (κ3) is 5.04. The highest BCUT2D eigenvalue weighted by Gasteiger charge is 2.31. The second-order valence-corrected chi connectivity index (χ2v) is 11.4. The number of hydrogen-bond acceptors (Lipinski definition) is 5. The second-order valence-electron chi connectivity index (χ2n) is 8.47. The minimum atomic E-state index is -1.35. The van der Waals surface area contributed by atoms with Gasteiger partial charge in [0.15, 0.2) is 5.58 Å². The molecule has 166 valence electrons. The van der Waals surface area contributed by atoms with Gasteiger partial charge in [-0.2, -0.15) is 4.39 Å². The Morgan fingerprint density at radius 1 is 1.12 bits per heavy atom. The van der Waals surface area contributed by atoms with Crippen LogP contribution in [0.1, 0.15) is 38.1 Å². The molecule has 4 aromatic rings. The Labute approximate surface area is 197 Å². The zero-order chi connectivity index (χ0) is 22.9. The molecule has 2 aromatic carbocycles. The maximum absolute atomic E-state index is 13.8. The quantitative estimate of drug-likeness (QED) is 0.247. The molecule has 0 saturated carbocycles. The fourth-order valence-electron chi connectivity index (χ4n) is 3.42. The first-order valence-electron chi connectivity index (χ1n) is 10.2. The lowest BCUT2D eigenvalue weighted by molar-refractivity contribution is 0.459. The summed E-state index contributed by atoms with van der Waals surface area (Å²) in [6, 6.07) is 17.9. The van der Waals surface area contributed by atoms with E-state index in [1.165, 1.54) is 6.07 Å². The Morgan fingerprint density at radius 3 is 2.66 bits per heavy atom. The molecule has 0 radical (unpaired) electrons. The van der Waals surface area contributed by atoms with Crippen LogP contribution >= 0.6 is 15.9 Å². The molecule has 32 heavy (non-hydrogen) atoms. The van der Waals surface area contributed by atoms with E-state index in [2.05, 4.69) is 30.8 Å². The lowest BCUT2D eigenvalue weighted by Gasteiger charge is -2.29. The maximum Gasteiger partial charge on any atom is 0.213 e. The standard InChI is InChI=1S/C24H23BrFN3O2S/c1-24(2,3)32(30)29-20(14-16-7-6-10-22(26)27-16)17-8-4-5-9-18(17)23-19-12-11-15(25)13-21(19)31-28-23/h4-13,20,29H,14H2,1-3H3. The van der Waals surface area contributed by atoms with Gasteiger partial charge in [-0.25, -0.2) is 4.98 Å². The summed E-state index contributed by atoms with van der Waals surface area (Å²) in [6.45, 7) is 5.72. The van der Waals surface area contributed by atoms with Crippen molar-refractivity contribution < 1.29 is 13.5 Å². The van der Waals surface area contributed by atoms with E-state index >= 15 is 0 Å². The topological polar surface area (TPSA) is 74.0 Å². The first kappa shape index (κ1) is 22.9. The summed E-state index contributed by atoms with van der Waals surface area (Å²) in [5.74, 6) is -0.542. The molecule has 0 saturated heterocycles. The summed E-state index contributed by atoms with van der Waals surface area (Å²) in [4.78, 5) is 4.02. The number of nitrogens with one attached hydrogen (secondary N) is 1. The van der Waals surface area contributed by atoms with Crippen LogP contribution in [0.2, 0.25) is 0 Å². The van der Waals surface area contributed by atoms with E-state index in [0.29, 0.717) is 23.4 Å². The number of pyridine rings is 1. The van der Waals surface area contributed by atoms with Gasteiger partial charge < -0.3 is 9.08 Å². The maximum atomic E-state index is 13.8. The van der Waals surface area contributed by atoms with Crippen molar-refractivity contribution in [3.63, 3.8) is 0 Å². The van der Waals surface area contributed by atoms with Gasteiger partial charge in [0.05, 0.1) is 6.04 Å². The fraction of sp³-hybridized carbons (Fsp3) is 0.250. The normalized spacial score (nSPS) is 13.9. The van der Waals surface area contributed by atoms with Gasteiger partial charge in [-0.15, -0.1) is 4.72 Å². The Morgan fingerprint density at radius 2 is 1.91 bits per heavy atom. The van der Waals surface area contributed by atoms with Crippen LogP contribution < -0.4 is 4.72 Å². The number of benzene rings is 2. The largest absolute Gasteiger partial charge is 0.598 e. The van der Waals surface area contributed by atoms with Crippen molar-refractivity contribution in [3.05, 3.63) is 82.3 Å². The van der Waals surface area contributed by atoms with Crippen molar-refractivity contribution in [1.82, 2.24) is 14.9 Å². The van der Waals surface area contributed by atoms with Gasteiger partial charge in [0.2, 0.25) is 5.95 Å². The minimum Gasteiger partial charge on any atom is -0.598 e. The van der Waals surface area contributed by atoms with Crippen LogP contribution in [0.15, 0.2) is 69.7 Å². The highest BCUT2D eigenvalue weighted by molar-refractivity contribution is 9.10. The van der Waals surface area contributed by atoms with Crippen molar-refractivity contribution in [2.24, 2.45) is 0 Å². The van der Waals surface area contributed by atoms with Crippen LogP contribution in [0.5, 0.6) is 0 Å². The van der Waals surface area contributed by atoms with Crippen molar-refractivity contribution in [2.45, 2.75) is 38.0 Å². The second kappa shape index (κ2) is 9.31. The van der Waals surface area contributed by atoms with Crippen LogP contribution in [0.4, 0.5) is 4.39 Å². The predicted octanol–water partition coefficient (Wildman–Crippen LogP) is 6.13. The Bertz CT molecular complexity index is 1240. The number of halogens is 2. The lowest BCUT2D eigenvalue weighted by atomic mass is 9.94. The molecule has 5 nitrogen and oxygen atoms in total. The predicted molar refractivity (Wildman–Crippen MR) is 129 cm³/mol. The summed E-state index contributed by atoms with van der Waals surface area (Å²) in [7, 11) is 0. The van der Waals surface area contributed by atoms with E-state index in [9.17, 15) is 8.94 Å². The average molecular weight is 516 g/mol. The molecule has 2 aromatic heterocycles. The molecular formula is C24H23BrFN3O2S. The molecule has 4 rings (SSSR count). The van der Waals surface area contributed by atoms with Gasteiger partial charge in [0.1, 0.15) is 10.4 Å². The van der Waals surface area contributed by atoms with Gasteiger partial charge in [-0.05, 0) is 56.7 Å². The molecule has 1 N–H and O–H groups in total. The van der Waals surface area contributed by atoms with E-state index < -0.39 is 22.1 Å². The Hall–Kier alpha value is -2.26. The van der Waals surface area contributed by atoms with Gasteiger partial charge in [0.25, 0.3) is 0 Å². The monoisotopic (exact) mass is 515 g/mol. The van der Waals surface area contributed by atoms with Crippen LogP contribution in [-0.2, 0) is 17.8 Å². The lowest BCUT2D eigenvalue weighted by Crippen LogP contribution is -2.42. The first-order chi connectivity index (χ1) is 15.2.